The second-order valence-electron chi connectivity index (χ2n) is 8.27. The molecule has 30 heavy (non-hydrogen) atoms. The highest BCUT2D eigenvalue weighted by atomic mass is 28.3. The third-order valence-corrected chi connectivity index (χ3v) is 7.15. The molecule has 4 rings (SSSR count). The summed E-state index contributed by atoms with van der Waals surface area (Å²) in [5.74, 6) is -0.153. The number of carbonyl (C=O) groups is 1. The third-order valence-electron chi connectivity index (χ3n) is 5.12. The first-order valence-corrected chi connectivity index (χ1v) is 13.1. The van der Waals surface area contributed by atoms with E-state index >= 15 is 0 Å². The summed E-state index contributed by atoms with van der Waals surface area (Å²) in [5.41, 5.74) is 2.15. The third kappa shape index (κ3) is 3.39. The summed E-state index contributed by atoms with van der Waals surface area (Å²) in [5, 5.41) is 2.55. The van der Waals surface area contributed by atoms with Gasteiger partial charge in [0.25, 0.3) is 5.91 Å². The lowest BCUT2D eigenvalue weighted by atomic mass is 10.0. The highest BCUT2D eigenvalue weighted by molar-refractivity contribution is 6.95. The van der Waals surface area contributed by atoms with Crippen LogP contribution in [-0.4, -0.2) is 18.7 Å². The van der Waals surface area contributed by atoms with Gasteiger partial charge in [-0.1, -0.05) is 50.0 Å². The van der Waals surface area contributed by atoms with Gasteiger partial charge in [-0.15, -0.1) is 0 Å². The molecule has 2 aromatic carbocycles. The van der Waals surface area contributed by atoms with Gasteiger partial charge in [-0.2, -0.15) is 13.2 Å². The number of rotatable bonds is 3. The van der Waals surface area contributed by atoms with Crippen LogP contribution in [0.25, 0.3) is 10.9 Å². The maximum atomic E-state index is 13.3. The lowest BCUT2D eigenvalue weighted by Crippen LogP contribution is -2.36. The van der Waals surface area contributed by atoms with E-state index in [1.54, 1.807) is 28.1 Å². The Morgan fingerprint density at radius 2 is 1.40 bits per heavy atom. The normalized spacial score (nSPS) is 16.1. The Labute approximate surface area is 174 Å². The van der Waals surface area contributed by atoms with Gasteiger partial charge in [0.1, 0.15) is 0 Å². The summed E-state index contributed by atoms with van der Waals surface area (Å²) >= 11 is 0. The predicted molar refractivity (Wildman–Crippen MR) is 115 cm³/mol. The number of aromatic nitrogens is 1. The van der Waals surface area contributed by atoms with Gasteiger partial charge in [-0.25, -0.2) is 5.01 Å². The molecule has 0 radical (unpaired) electrons. The summed E-state index contributed by atoms with van der Waals surface area (Å²) in [6, 6.07) is 16.3. The minimum Gasteiger partial charge on any atom is -0.267 e. The Morgan fingerprint density at radius 3 is 1.93 bits per heavy atom. The van der Waals surface area contributed by atoms with E-state index in [2.05, 4.69) is 19.6 Å². The Balaban J connectivity index is 2.01. The summed E-state index contributed by atoms with van der Waals surface area (Å²) in [4.78, 5) is 13.3. The van der Waals surface area contributed by atoms with E-state index in [1.807, 2.05) is 30.3 Å². The SMILES string of the molecule is C[Si](C)(C)/C(=C1\c2ccccc2C(=O)N1n1cccc1)c1ccc(C(F)(F)F)cc1. The molecule has 0 saturated carbocycles. The number of hydrogen-bond acceptors (Lipinski definition) is 1. The van der Waals surface area contributed by atoms with Crippen molar-refractivity contribution in [2.75, 3.05) is 5.01 Å². The zero-order valence-corrected chi connectivity index (χ0v) is 17.9. The first-order valence-electron chi connectivity index (χ1n) is 9.58. The van der Waals surface area contributed by atoms with Gasteiger partial charge >= 0.3 is 6.18 Å². The van der Waals surface area contributed by atoms with Crippen LogP contribution in [0.5, 0.6) is 0 Å². The average Bonchev–Trinajstić information content (AvgIpc) is 3.28. The predicted octanol–water partition coefficient (Wildman–Crippen LogP) is 6.04. The molecule has 1 amide bonds. The van der Waals surface area contributed by atoms with Gasteiger partial charge in [0.15, 0.2) is 0 Å². The molecule has 0 saturated heterocycles. The number of carbonyl (C=O) groups excluding carboxylic acids is 1. The fourth-order valence-corrected chi connectivity index (χ4v) is 5.86. The Hall–Kier alpha value is -3.06. The molecule has 0 N–H and O–H groups in total. The minimum absolute atomic E-state index is 0.153. The Bertz CT molecular complexity index is 1120. The molecule has 3 aromatic rings. The summed E-state index contributed by atoms with van der Waals surface area (Å²) in [7, 11) is -2.12. The van der Waals surface area contributed by atoms with Crippen molar-refractivity contribution in [2.45, 2.75) is 25.8 Å². The van der Waals surface area contributed by atoms with Crippen molar-refractivity contribution >= 4 is 24.9 Å². The van der Waals surface area contributed by atoms with E-state index in [9.17, 15) is 18.0 Å². The molecule has 3 nitrogen and oxygen atoms in total. The summed E-state index contributed by atoms with van der Waals surface area (Å²) in [6.45, 7) is 6.39. The van der Waals surface area contributed by atoms with Gasteiger partial charge in [0.2, 0.25) is 0 Å². The highest BCUT2D eigenvalue weighted by Gasteiger charge is 2.39. The molecule has 0 fully saturated rings. The lowest BCUT2D eigenvalue weighted by molar-refractivity contribution is -0.137. The fraction of sp³-hybridized carbons (Fsp3) is 0.174. The van der Waals surface area contributed by atoms with E-state index in [0.29, 0.717) is 11.1 Å². The summed E-state index contributed by atoms with van der Waals surface area (Å²) in [6.07, 6.45) is -0.811. The van der Waals surface area contributed by atoms with Crippen LogP contribution < -0.4 is 5.01 Å². The number of alkyl halides is 3. The van der Waals surface area contributed by atoms with Crippen molar-refractivity contribution < 1.29 is 18.0 Å². The number of halogens is 3. The second-order valence-corrected chi connectivity index (χ2v) is 13.3. The molecule has 0 unspecified atom stereocenters. The fourth-order valence-electron chi connectivity index (χ4n) is 3.88. The van der Waals surface area contributed by atoms with E-state index in [1.165, 1.54) is 12.1 Å². The largest absolute Gasteiger partial charge is 0.416 e. The van der Waals surface area contributed by atoms with Crippen LogP contribution in [0.4, 0.5) is 13.2 Å². The van der Waals surface area contributed by atoms with Gasteiger partial charge in [-0.05, 0) is 41.1 Å². The Morgan fingerprint density at radius 1 is 0.833 bits per heavy atom. The number of amides is 1. The van der Waals surface area contributed by atoms with Crippen molar-refractivity contribution in [1.29, 1.82) is 0 Å². The van der Waals surface area contributed by atoms with Gasteiger partial charge in [0, 0.05) is 18.0 Å². The van der Waals surface area contributed by atoms with Crippen LogP contribution in [0.2, 0.25) is 19.6 Å². The maximum Gasteiger partial charge on any atom is 0.416 e. The van der Waals surface area contributed by atoms with Gasteiger partial charge in [-0.3, -0.25) is 9.47 Å². The number of hydrogen-bond donors (Lipinski definition) is 0. The van der Waals surface area contributed by atoms with Crippen LogP contribution in [0.15, 0.2) is 73.1 Å². The van der Waals surface area contributed by atoms with Crippen LogP contribution in [0.3, 0.4) is 0 Å². The molecule has 0 atom stereocenters. The molecular weight excluding hydrogens is 405 g/mol. The minimum atomic E-state index is -4.39. The maximum absolute atomic E-state index is 13.3. The van der Waals surface area contributed by atoms with Crippen molar-refractivity contribution in [3.63, 3.8) is 0 Å². The molecule has 154 valence electrons. The molecular formula is C23H21F3N2OSi. The van der Waals surface area contributed by atoms with Crippen molar-refractivity contribution in [3.8, 4) is 0 Å². The van der Waals surface area contributed by atoms with Crippen LogP contribution >= 0.6 is 0 Å². The molecule has 1 aliphatic rings. The smallest absolute Gasteiger partial charge is 0.267 e. The van der Waals surface area contributed by atoms with Crippen molar-refractivity contribution in [3.05, 3.63) is 95.3 Å². The standard InChI is InChI=1S/C23H21F3N2OSi/c1-30(2,3)21(16-10-12-17(13-11-16)23(24,25)26)20-18-8-4-5-9-19(18)22(29)28(20)27-14-6-7-15-27/h4-15H,1-3H3/b21-20+. The average molecular weight is 427 g/mol. The zero-order chi connectivity index (χ0) is 21.7. The molecule has 7 heteroatoms. The van der Waals surface area contributed by atoms with E-state index in [4.69, 9.17) is 0 Å². The monoisotopic (exact) mass is 426 g/mol. The quantitative estimate of drug-likeness (QED) is 0.469. The van der Waals surface area contributed by atoms with Crippen LogP contribution in [0.1, 0.15) is 27.0 Å². The van der Waals surface area contributed by atoms with E-state index in [0.717, 1.165) is 28.6 Å². The molecule has 1 aliphatic heterocycles. The van der Waals surface area contributed by atoms with Gasteiger partial charge in [0.05, 0.1) is 24.9 Å². The number of nitrogens with zero attached hydrogens (tertiary/aromatic N) is 2. The topological polar surface area (TPSA) is 25.2 Å². The molecule has 0 bridgehead atoms. The molecule has 0 aliphatic carbocycles. The zero-order valence-electron chi connectivity index (χ0n) is 16.9. The van der Waals surface area contributed by atoms with E-state index in [-0.39, 0.29) is 5.91 Å². The number of fused-ring (bicyclic) bond motifs is 1. The first kappa shape index (κ1) is 20.2. The second kappa shape index (κ2) is 7.02. The van der Waals surface area contributed by atoms with Crippen LogP contribution in [-0.2, 0) is 6.18 Å². The highest BCUT2D eigenvalue weighted by Crippen LogP contribution is 2.41. The Kier molecular flexibility index (Phi) is 4.73. The molecule has 2 heterocycles. The van der Waals surface area contributed by atoms with Crippen molar-refractivity contribution in [2.24, 2.45) is 0 Å². The first-order chi connectivity index (χ1) is 14.1. The van der Waals surface area contributed by atoms with Gasteiger partial charge < -0.3 is 0 Å². The molecule has 0 spiro atoms. The van der Waals surface area contributed by atoms with Crippen LogP contribution in [0, 0.1) is 0 Å². The lowest BCUT2D eigenvalue weighted by Gasteiger charge is -2.29. The summed E-state index contributed by atoms with van der Waals surface area (Å²) < 4.78 is 41.0. The molecule has 1 aromatic heterocycles. The van der Waals surface area contributed by atoms with E-state index < -0.39 is 19.8 Å². The number of benzene rings is 2. The van der Waals surface area contributed by atoms with Crippen molar-refractivity contribution in [1.82, 2.24) is 4.68 Å².